The van der Waals surface area contributed by atoms with Crippen molar-refractivity contribution in [1.82, 2.24) is 20.1 Å². The Hall–Kier alpha value is -3.35. The molecule has 0 spiro atoms. The molecule has 1 saturated heterocycles. The smallest absolute Gasteiger partial charge is 0.326 e. The Bertz CT molecular complexity index is 924. The number of amides is 2. The lowest BCUT2D eigenvalue weighted by Gasteiger charge is -2.25. The number of pyridine rings is 1. The summed E-state index contributed by atoms with van der Waals surface area (Å²) in [4.78, 5) is 21.0. The highest BCUT2D eigenvalue weighted by molar-refractivity contribution is 5.93. The number of carbonyl (C=O) groups excluding carboxylic acids is 1. The van der Waals surface area contributed by atoms with Crippen LogP contribution in [0.25, 0.3) is 11.1 Å². The van der Waals surface area contributed by atoms with E-state index in [-0.39, 0.29) is 12.1 Å². The van der Waals surface area contributed by atoms with Crippen LogP contribution in [-0.4, -0.2) is 46.3 Å². The summed E-state index contributed by atoms with van der Waals surface area (Å²) in [7, 11) is 1.64. The third-order valence-electron chi connectivity index (χ3n) is 4.94. The summed E-state index contributed by atoms with van der Waals surface area (Å²) in [6, 6.07) is 11.6. The molecule has 3 aromatic rings. The summed E-state index contributed by atoms with van der Waals surface area (Å²) in [5.41, 5.74) is 2.98. The van der Waals surface area contributed by atoms with Gasteiger partial charge in [-0.1, -0.05) is 12.1 Å². The van der Waals surface area contributed by atoms with E-state index in [0.717, 1.165) is 22.4 Å². The van der Waals surface area contributed by atoms with Crippen molar-refractivity contribution in [2.24, 2.45) is 0 Å². The van der Waals surface area contributed by atoms with Gasteiger partial charge in [0.1, 0.15) is 11.6 Å². The first kappa shape index (κ1) is 17.1. The molecular weight excluding hydrogens is 342 g/mol. The molecule has 0 saturated carbocycles. The van der Waals surface area contributed by atoms with Gasteiger partial charge in [-0.2, -0.15) is 5.10 Å². The Morgan fingerprint density at radius 1 is 1.15 bits per heavy atom. The summed E-state index contributed by atoms with van der Waals surface area (Å²) in [6.07, 6.45) is 5.33. The second kappa shape index (κ2) is 7.11. The summed E-state index contributed by atoms with van der Waals surface area (Å²) in [5, 5.41) is 6.74. The molecule has 0 bridgehead atoms. The van der Waals surface area contributed by atoms with Gasteiger partial charge in [0, 0.05) is 36.6 Å². The summed E-state index contributed by atoms with van der Waals surface area (Å²) in [5.74, 6) is 1.45. The van der Waals surface area contributed by atoms with Crippen molar-refractivity contribution >= 4 is 11.8 Å². The van der Waals surface area contributed by atoms with Crippen LogP contribution in [0.4, 0.5) is 10.6 Å². The zero-order valence-corrected chi connectivity index (χ0v) is 15.3. The number of anilines is 1. The zero-order chi connectivity index (χ0) is 18.8. The van der Waals surface area contributed by atoms with E-state index < -0.39 is 0 Å². The van der Waals surface area contributed by atoms with Crippen LogP contribution in [0.3, 0.4) is 0 Å². The fraction of sp³-hybridized carbons (Fsp3) is 0.250. The average molecular weight is 363 g/mol. The number of methoxy groups -OCH3 is 1. The molecule has 1 unspecified atom stereocenters. The third-order valence-corrected chi connectivity index (χ3v) is 4.94. The van der Waals surface area contributed by atoms with Gasteiger partial charge in [-0.25, -0.2) is 9.78 Å². The van der Waals surface area contributed by atoms with Crippen LogP contribution in [0, 0.1) is 0 Å². The molecule has 2 aromatic heterocycles. The van der Waals surface area contributed by atoms with Gasteiger partial charge in [0.2, 0.25) is 0 Å². The first-order chi connectivity index (χ1) is 13.2. The Labute approximate surface area is 157 Å². The quantitative estimate of drug-likeness (QED) is 0.753. The van der Waals surface area contributed by atoms with Crippen molar-refractivity contribution in [3.05, 3.63) is 60.6 Å². The maximum Gasteiger partial charge on any atom is 0.326 e. The summed E-state index contributed by atoms with van der Waals surface area (Å²) >= 11 is 0. The number of aromatic amines is 1. The molecule has 1 fully saturated rings. The molecule has 1 atom stereocenters. The predicted molar refractivity (Wildman–Crippen MR) is 103 cm³/mol. The van der Waals surface area contributed by atoms with Crippen LogP contribution in [-0.2, 0) is 0 Å². The van der Waals surface area contributed by atoms with Gasteiger partial charge in [0.05, 0.1) is 19.3 Å². The number of hydrogen-bond donors (Lipinski definition) is 1. The number of aromatic nitrogens is 3. The Morgan fingerprint density at radius 2 is 2.04 bits per heavy atom. The van der Waals surface area contributed by atoms with Crippen molar-refractivity contribution in [1.29, 1.82) is 0 Å². The topological polar surface area (TPSA) is 74.3 Å². The number of benzene rings is 1. The van der Waals surface area contributed by atoms with Gasteiger partial charge in [-0.05, 0) is 36.8 Å². The van der Waals surface area contributed by atoms with Crippen molar-refractivity contribution in [3.8, 4) is 16.9 Å². The van der Waals surface area contributed by atoms with Gasteiger partial charge in [-0.15, -0.1) is 0 Å². The number of urea groups is 1. The van der Waals surface area contributed by atoms with Crippen molar-refractivity contribution in [2.45, 2.75) is 13.0 Å². The van der Waals surface area contributed by atoms with E-state index in [4.69, 9.17) is 4.74 Å². The lowest BCUT2D eigenvalue weighted by molar-refractivity contribution is 0.205. The second-order valence-electron chi connectivity index (χ2n) is 6.47. The number of hydrogen-bond acceptors (Lipinski definition) is 4. The van der Waals surface area contributed by atoms with Gasteiger partial charge < -0.3 is 9.64 Å². The van der Waals surface area contributed by atoms with Gasteiger partial charge in [0.15, 0.2) is 0 Å². The molecule has 3 heterocycles. The monoisotopic (exact) mass is 363 g/mol. The Balaban J connectivity index is 1.51. The van der Waals surface area contributed by atoms with E-state index in [1.54, 1.807) is 24.4 Å². The molecule has 1 aromatic carbocycles. The van der Waals surface area contributed by atoms with E-state index in [1.165, 1.54) is 0 Å². The van der Waals surface area contributed by atoms with E-state index in [1.807, 2.05) is 54.4 Å². The predicted octanol–water partition coefficient (Wildman–Crippen LogP) is 3.48. The lowest BCUT2D eigenvalue weighted by Crippen LogP contribution is -2.34. The minimum atomic E-state index is -0.0391. The number of carbonyl (C=O) groups is 1. The van der Waals surface area contributed by atoms with Crippen LogP contribution in [0.2, 0.25) is 0 Å². The molecule has 27 heavy (non-hydrogen) atoms. The van der Waals surface area contributed by atoms with Gasteiger partial charge >= 0.3 is 6.03 Å². The molecular formula is C20H21N5O2. The number of H-pyrrole nitrogens is 1. The molecule has 4 rings (SSSR count). The summed E-state index contributed by atoms with van der Waals surface area (Å²) in [6.45, 7) is 3.30. The SMILES string of the molecule is COc1cccc(C(C)N2CCN(c3ccc(-c4cn[nH]c4)cn3)C2=O)c1. The van der Waals surface area contributed by atoms with Crippen LogP contribution in [0.5, 0.6) is 5.75 Å². The van der Waals surface area contributed by atoms with Crippen molar-refractivity contribution < 1.29 is 9.53 Å². The van der Waals surface area contributed by atoms with Crippen LogP contribution < -0.4 is 9.64 Å². The maximum atomic E-state index is 13.0. The minimum absolute atomic E-state index is 0.0334. The normalized spacial score (nSPS) is 15.3. The molecule has 138 valence electrons. The van der Waals surface area contributed by atoms with Crippen molar-refractivity contribution in [2.75, 3.05) is 25.1 Å². The fourth-order valence-electron chi connectivity index (χ4n) is 3.33. The number of nitrogens with one attached hydrogen (secondary N) is 1. The van der Waals surface area contributed by atoms with Crippen LogP contribution in [0.1, 0.15) is 18.5 Å². The van der Waals surface area contributed by atoms with Crippen molar-refractivity contribution in [3.63, 3.8) is 0 Å². The maximum absolute atomic E-state index is 13.0. The number of ether oxygens (including phenoxy) is 1. The molecule has 7 nitrogen and oxygen atoms in total. The van der Waals surface area contributed by atoms with E-state index in [2.05, 4.69) is 15.2 Å². The largest absolute Gasteiger partial charge is 0.497 e. The van der Waals surface area contributed by atoms with E-state index in [0.29, 0.717) is 18.9 Å². The summed E-state index contributed by atoms with van der Waals surface area (Å²) < 4.78 is 5.30. The molecule has 2 amide bonds. The van der Waals surface area contributed by atoms with Crippen LogP contribution >= 0.6 is 0 Å². The molecule has 0 aliphatic carbocycles. The first-order valence-corrected chi connectivity index (χ1v) is 8.84. The van der Waals surface area contributed by atoms with Gasteiger partial charge in [-0.3, -0.25) is 10.00 Å². The Morgan fingerprint density at radius 3 is 2.74 bits per heavy atom. The first-order valence-electron chi connectivity index (χ1n) is 8.84. The number of nitrogens with zero attached hydrogens (tertiary/aromatic N) is 4. The van der Waals surface area contributed by atoms with Crippen LogP contribution in [0.15, 0.2) is 55.0 Å². The average Bonchev–Trinajstić information content (AvgIpc) is 3.38. The molecule has 1 aliphatic heterocycles. The lowest BCUT2D eigenvalue weighted by atomic mass is 10.1. The zero-order valence-electron chi connectivity index (χ0n) is 15.3. The standard InChI is InChI=1S/C20H21N5O2/c1-14(15-4-3-5-18(10-15)27-2)24-8-9-25(20(24)26)19-7-6-16(11-21-19)17-12-22-23-13-17/h3-7,10-14H,8-9H2,1-2H3,(H,22,23). The highest BCUT2D eigenvalue weighted by atomic mass is 16.5. The highest BCUT2D eigenvalue weighted by Crippen LogP contribution is 2.29. The van der Waals surface area contributed by atoms with E-state index in [9.17, 15) is 4.79 Å². The molecule has 0 radical (unpaired) electrons. The van der Waals surface area contributed by atoms with Gasteiger partial charge in [0.25, 0.3) is 0 Å². The molecule has 1 N–H and O–H groups in total. The number of rotatable bonds is 5. The molecule has 7 heteroatoms. The molecule has 1 aliphatic rings. The second-order valence-corrected chi connectivity index (χ2v) is 6.47. The highest BCUT2D eigenvalue weighted by Gasteiger charge is 2.34. The fourth-order valence-corrected chi connectivity index (χ4v) is 3.33. The van der Waals surface area contributed by atoms with E-state index >= 15 is 0 Å². The third kappa shape index (κ3) is 3.23. The Kier molecular flexibility index (Phi) is 4.50. The minimum Gasteiger partial charge on any atom is -0.497 e.